The number of thiophene rings is 1. The molecule has 2 amide bonds. The molecular formula is C9H9N3OS. The molecule has 5 heteroatoms. The van der Waals surface area contributed by atoms with Crippen molar-refractivity contribution in [3.05, 3.63) is 23.9 Å². The topological polar surface area (TPSA) is 68.0 Å². The Labute approximate surface area is 84.8 Å². The van der Waals surface area contributed by atoms with E-state index in [4.69, 9.17) is 5.73 Å². The number of pyridine rings is 1. The molecular weight excluding hydrogens is 198 g/mol. The number of aryl methyl sites for hydroxylation is 1. The molecule has 0 saturated heterocycles. The zero-order valence-corrected chi connectivity index (χ0v) is 8.39. The van der Waals surface area contributed by atoms with E-state index in [1.807, 2.05) is 19.1 Å². The molecule has 2 aromatic heterocycles. The summed E-state index contributed by atoms with van der Waals surface area (Å²) in [5.74, 6) is 0. The first-order valence-electron chi connectivity index (χ1n) is 4.09. The number of hydrogen-bond donors (Lipinski definition) is 2. The molecule has 4 nitrogen and oxygen atoms in total. The number of carbonyl (C=O) groups is 1. The fourth-order valence-electron chi connectivity index (χ4n) is 1.28. The van der Waals surface area contributed by atoms with E-state index in [9.17, 15) is 4.79 Å². The van der Waals surface area contributed by atoms with Crippen molar-refractivity contribution in [1.29, 1.82) is 0 Å². The number of aromatic nitrogens is 1. The van der Waals surface area contributed by atoms with Gasteiger partial charge in [0, 0.05) is 11.6 Å². The minimum atomic E-state index is -0.542. The Kier molecular flexibility index (Phi) is 2.09. The van der Waals surface area contributed by atoms with Gasteiger partial charge in [0.2, 0.25) is 0 Å². The highest BCUT2D eigenvalue weighted by Crippen LogP contribution is 2.33. The summed E-state index contributed by atoms with van der Waals surface area (Å²) in [5.41, 5.74) is 6.06. The molecule has 0 spiro atoms. The molecule has 0 aliphatic heterocycles. The van der Waals surface area contributed by atoms with Gasteiger partial charge in [-0.1, -0.05) is 17.4 Å². The summed E-state index contributed by atoms with van der Waals surface area (Å²) in [5, 5.41) is 4.41. The van der Waals surface area contributed by atoms with E-state index in [0.29, 0.717) is 0 Å². The Morgan fingerprint density at radius 1 is 1.64 bits per heavy atom. The number of anilines is 1. The van der Waals surface area contributed by atoms with Crippen molar-refractivity contribution in [2.45, 2.75) is 6.92 Å². The second-order valence-electron chi connectivity index (χ2n) is 2.90. The van der Waals surface area contributed by atoms with Gasteiger partial charge in [0.15, 0.2) is 0 Å². The molecule has 0 saturated carbocycles. The highest BCUT2D eigenvalue weighted by Gasteiger charge is 2.09. The molecule has 3 N–H and O–H groups in total. The average Bonchev–Trinajstić information content (AvgIpc) is 2.44. The first kappa shape index (κ1) is 8.96. The Morgan fingerprint density at radius 3 is 3.07 bits per heavy atom. The minimum absolute atomic E-state index is 0.542. The van der Waals surface area contributed by atoms with Crippen molar-refractivity contribution in [2.24, 2.45) is 5.73 Å². The van der Waals surface area contributed by atoms with Crippen molar-refractivity contribution < 1.29 is 4.79 Å². The third-order valence-corrected chi connectivity index (χ3v) is 3.08. The van der Waals surface area contributed by atoms with Gasteiger partial charge in [-0.15, -0.1) is 0 Å². The normalized spacial score (nSPS) is 10.4. The number of fused-ring (bicyclic) bond motifs is 1. The average molecular weight is 207 g/mol. The van der Waals surface area contributed by atoms with Gasteiger partial charge in [-0.3, -0.25) is 5.32 Å². The number of nitrogens with one attached hydrogen (secondary N) is 1. The maximum absolute atomic E-state index is 10.7. The molecule has 0 atom stereocenters. The monoisotopic (exact) mass is 207 g/mol. The minimum Gasteiger partial charge on any atom is -0.351 e. The lowest BCUT2D eigenvalue weighted by atomic mass is 10.2. The molecule has 0 unspecified atom stereocenters. The Hall–Kier alpha value is -1.62. The van der Waals surface area contributed by atoms with Gasteiger partial charge < -0.3 is 5.73 Å². The van der Waals surface area contributed by atoms with Crippen LogP contribution >= 0.6 is 11.3 Å². The van der Waals surface area contributed by atoms with Crippen LogP contribution in [0, 0.1) is 6.92 Å². The maximum atomic E-state index is 10.7. The summed E-state index contributed by atoms with van der Waals surface area (Å²) in [6.07, 6.45) is 1.73. The molecule has 2 rings (SSSR count). The summed E-state index contributed by atoms with van der Waals surface area (Å²) in [7, 11) is 0. The molecule has 0 fully saturated rings. The number of rotatable bonds is 1. The second kappa shape index (κ2) is 3.26. The number of amides is 2. The van der Waals surface area contributed by atoms with Crippen molar-refractivity contribution in [3.8, 4) is 0 Å². The number of nitrogens with two attached hydrogens (primary N) is 1. The van der Waals surface area contributed by atoms with Gasteiger partial charge in [-0.05, 0) is 18.6 Å². The highest BCUT2D eigenvalue weighted by atomic mass is 32.1. The van der Waals surface area contributed by atoms with Gasteiger partial charge in [0.1, 0.15) is 9.83 Å². The van der Waals surface area contributed by atoms with Crippen LogP contribution in [0.1, 0.15) is 5.56 Å². The molecule has 14 heavy (non-hydrogen) atoms. The highest BCUT2D eigenvalue weighted by molar-refractivity contribution is 7.22. The Morgan fingerprint density at radius 2 is 2.43 bits per heavy atom. The summed E-state index contributed by atoms with van der Waals surface area (Å²) in [4.78, 5) is 15.8. The lowest BCUT2D eigenvalue weighted by Gasteiger charge is -1.97. The summed E-state index contributed by atoms with van der Waals surface area (Å²) < 4.78 is 0. The Balaban J connectivity index is 2.57. The molecule has 0 radical (unpaired) electrons. The van der Waals surface area contributed by atoms with Crippen LogP contribution in [0.25, 0.3) is 10.2 Å². The van der Waals surface area contributed by atoms with E-state index in [2.05, 4.69) is 10.3 Å². The van der Waals surface area contributed by atoms with Crippen LogP contribution in [0.15, 0.2) is 18.3 Å². The maximum Gasteiger partial charge on any atom is 0.317 e. The van der Waals surface area contributed by atoms with Crippen molar-refractivity contribution in [3.63, 3.8) is 0 Å². The quantitative estimate of drug-likeness (QED) is 0.751. The van der Waals surface area contributed by atoms with E-state index >= 15 is 0 Å². The standard InChI is InChI=1S/C9H9N3OS/c1-5-6-3-2-4-11-8(6)14-7(5)12-9(10)13/h2-4H,1H3,(H3,10,12,13). The van der Waals surface area contributed by atoms with Crippen LogP contribution in [0.2, 0.25) is 0 Å². The summed E-state index contributed by atoms with van der Waals surface area (Å²) in [6.45, 7) is 1.94. The lowest BCUT2D eigenvalue weighted by Crippen LogP contribution is -2.18. The first-order valence-corrected chi connectivity index (χ1v) is 4.90. The molecule has 0 aliphatic carbocycles. The first-order chi connectivity index (χ1) is 6.68. The van der Waals surface area contributed by atoms with Crippen LogP contribution in [0.4, 0.5) is 9.80 Å². The largest absolute Gasteiger partial charge is 0.351 e. The van der Waals surface area contributed by atoms with Gasteiger partial charge >= 0.3 is 6.03 Å². The number of carbonyl (C=O) groups excluding carboxylic acids is 1. The molecule has 0 bridgehead atoms. The fraction of sp³-hybridized carbons (Fsp3) is 0.111. The number of hydrogen-bond acceptors (Lipinski definition) is 3. The summed E-state index contributed by atoms with van der Waals surface area (Å²) in [6, 6.07) is 3.30. The lowest BCUT2D eigenvalue weighted by molar-refractivity contribution is 0.259. The van der Waals surface area contributed by atoms with E-state index in [0.717, 1.165) is 20.8 Å². The van der Waals surface area contributed by atoms with E-state index in [-0.39, 0.29) is 0 Å². The molecule has 0 aromatic carbocycles. The zero-order valence-electron chi connectivity index (χ0n) is 7.57. The third kappa shape index (κ3) is 1.42. The number of primary amides is 1. The molecule has 2 heterocycles. The van der Waals surface area contributed by atoms with E-state index in [1.54, 1.807) is 6.20 Å². The van der Waals surface area contributed by atoms with Gasteiger partial charge in [-0.2, -0.15) is 0 Å². The predicted octanol–water partition coefficient (Wildman–Crippen LogP) is 2.10. The van der Waals surface area contributed by atoms with Crippen molar-refractivity contribution >= 4 is 32.6 Å². The van der Waals surface area contributed by atoms with Gasteiger partial charge in [-0.25, -0.2) is 9.78 Å². The fourth-order valence-corrected chi connectivity index (χ4v) is 2.34. The van der Waals surface area contributed by atoms with Crippen molar-refractivity contribution in [2.75, 3.05) is 5.32 Å². The SMILES string of the molecule is Cc1c(NC(N)=O)sc2ncccc12. The van der Waals surface area contributed by atoms with Crippen LogP contribution in [0.3, 0.4) is 0 Å². The molecule has 0 aliphatic rings. The van der Waals surface area contributed by atoms with E-state index in [1.165, 1.54) is 11.3 Å². The van der Waals surface area contributed by atoms with Crippen LogP contribution in [0.5, 0.6) is 0 Å². The summed E-state index contributed by atoms with van der Waals surface area (Å²) >= 11 is 1.43. The molecule has 72 valence electrons. The van der Waals surface area contributed by atoms with Gasteiger partial charge in [0.05, 0.1) is 0 Å². The van der Waals surface area contributed by atoms with Crippen LogP contribution < -0.4 is 11.1 Å². The van der Waals surface area contributed by atoms with Crippen molar-refractivity contribution in [1.82, 2.24) is 4.98 Å². The van der Waals surface area contributed by atoms with Crippen LogP contribution in [-0.4, -0.2) is 11.0 Å². The Bertz CT molecular complexity index is 492. The second-order valence-corrected chi connectivity index (χ2v) is 3.90. The third-order valence-electron chi connectivity index (χ3n) is 1.95. The van der Waals surface area contributed by atoms with Gasteiger partial charge in [0.25, 0.3) is 0 Å². The van der Waals surface area contributed by atoms with Crippen LogP contribution in [-0.2, 0) is 0 Å². The molecule has 2 aromatic rings. The van der Waals surface area contributed by atoms with E-state index < -0.39 is 6.03 Å². The number of nitrogens with zero attached hydrogens (tertiary/aromatic N) is 1. The predicted molar refractivity (Wildman–Crippen MR) is 57.6 cm³/mol. The zero-order chi connectivity index (χ0) is 10.1. The number of urea groups is 1. The smallest absolute Gasteiger partial charge is 0.317 e.